The van der Waals surface area contributed by atoms with Crippen molar-refractivity contribution in [2.75, 3.05) is 10.6 Å². The topological polar surface area (TPSA) is 84.0 Å². The molecule has 0 radical (unpaired) electrons. The average molecular weight is 306 g/mol. The van der Waals surface area contributed by atoms with Crippen molar-refractivity contribution in [2.24, 2.45) is 0 Å². The Labute approximate surface area is 132 Å². The first-order valence-corrected chi connectivity index (χ1v) is 7.01. The maximum atomic E-state index is 12.2. The van der Waals surface area contributed by atoms with E-state index >= 15 is 0 Å². The Kier molecular flexibility index (Phi) is 3.97. The van der Waals surface area contributed by atoms with E-state index in [1.807, 2.05) is 0 Å². The third-order valence-corrected chi connectivity index (χ3v) is 3.19. The summed E-state index contributed by atoms with van der Waals surface area (Å²) in [6.07, 6.45) is 3.23. The summed E-state index contributed by atoms with van der Waals surface area (Å²) in [6.45, 7) is 1.43. The highest BCUT2D eigenvalue weighted by molar-refractivity contribution is 6.05. The van der Waals surface area contributed by atoms with E-state index in [9.17, 15) is 9.59 Å². The number of anilines is 2. The Hall–Kier alpha value is -3.28. The first-order valence-electron chi connectivity index (χ1n) is 7.01. The third kappa shape index (κ3) is 3.49. The van der Waals surface area contributed by atoms with E-state index in [0.717, 1.165) is 5.52 Å². The number of fused-ring (bicyclic) bond motifs is 1. The molecular formula is C17H14N4O2. The van der Waals surface area contributed by atoms with Crippen LogP contribution in [0.25, 0.3) is 11.0 Å². The van der Waals surface area contributed by atoms with Crippen LogP contribution in [0.4, 0.5) is 11.4 Å². The van der Waals surface area contributed by atoms with Crippen LogP contribution >= 0.6 is 0 Å². The maximum Gasteiger partial charge on any atom is 0.255 e. The molecule has 1 aromatic heterocycles. The number of benzene rings is 2. The molecule has 2 N–H and O–H groups in total. The van der Waals surface area contributed by atoms with E-state index in [0.29, 0.717) is 22.5 Å². The molecule has 1 heterocycles. The molecule has 6 heteroatoms. The number of carbonyl (C=O) groups is 2. The number of carbonyl (C=O) groups excluding carboxylic acids is 2. The van der Waals surface area contributed by atoms with E-state index in [2.05, 4.69) is 20.6 Å². The molecule has 114 valence electrons. The summed E-state index contributed by atoms with van der Waals surface area (Å²) >= 11 is 0. The van der Waals surface area contributed by atoms with E-state index in [1.165, 1.54) is 6.92 Å². The molecule has 3 aromatic rings. The second-order valence-corrected chi connectivity index (χ2v) is 4.97. The Morgan fingerprint density at radius 1 is 0.826 bits per heavy atom. The predicted molar refractivity (Wildman–Crippen MR) is 88.2 cm³/mol. The minimum atomic E-state index is -0.234. The number of nitrogens with one attached hydrogen (secondary N) is 2. The van der Waals surface area contributed by atoms with Crippen molar-refractivity contribution in [3.8, 4) is 0 Å². The van der Waals surface area contributed by atoms with Crippen LogP contribution < -0.4 is 10.6 Å². The smallest absolute Gasteiger partial charge is 0.255 e. The standard InChI is InChI=1S/C17H14N4O2/c1-11(22)20-13-4-2-12(3-5-13)17(23)21-14-6-7-15-16(10-14)19-9-8-18-15/h2-10H,1H3,(H,20,22)(H,21,23). The van der Waals surface area contributed by atoms with Crippen molar-refractivity contribution >= 4 is 34.2 Å². The quantitative estimate of drug-likeness (QED) is 0.779. The normalized spacial score (nSPS) is 10.3. The van der Waals surface area contributed by atoms with Crippen LogP contribution in [0.15, 0.2) is 54.9 Å². The summed E-state index contributed by atoms with van der Waals surface area (Å²) in [5, 5.41) is 5.47. The summed E-state index contributed by atoms with van der Waals surface area (Å²) < 4.78 is 0. The summed E-state index contributed by atoms with van der Waals surface area (Å²) in [4.78, 5) is 31.6. The van der Waals surface area contributed by atoms with Gasteiger partial charge in [0.15, 0.2) is 0 Å². The highest BCUT2D eigenvalue weighted by atomic mass is 16.2. The van der Waals surface area contributed by atoms with Gasteiger partial charge in [-0.1, -0.05) is 0 Å². The SMILES string of the molecule is CC(=O)Nc1ccc(C(=O)Nc2ccc3nccnc3c2)cc1. The lowest BCUT2D eigenvalue weighted by atomic mass is 10.2. The molecule has 0 saturated heterocycles. The van der Waals surface area contributed by atoms with E-state index in [4.69, 9.17) is 0 Å². The lowest BCUT2D eigenvalue weighted by Gasteiger charge is -2.07. The number of aromatic nitrogens is 2. The first-order chi connectivity index (χ1) is 11.1. The zero-order valence-electron chi connectivity index (χ0n) is 12.4. The van der Waals surface area contributed by atoms with Crippen molar-refractivity contribution in [1.82, 2.24) is 9.97 Å². The first kappa shape index (κ1) is 14.6. The molecule has 0 aliphatic rings. The van der Waals surface area contributed by atoms with E-state index < -0.39 is 0 Å². The van der Waals surface area contributed by atoms with Gasteiger partial charge in [-0.25, -0.2) is 0 Å². The predicted octanol–water partition coefficient (Wildman–Crippen LogP) is 2.84. The molecule has 0 fully saturated rings. The van der Waals surface area contributed by atoms with Crippen LogP contribution in [-0.4, -0.2) is 21.8 Å². The second kappa shape index (κ2) is 6.23. The maximum absolute atomic E-state index is 12.2. The molecule has 0 unspecified atom stereocenters. The lowest BCUT2D eigenvalue weighted by molar-refractivity contribution is -0.114. The Morgan fingerprint density at radius 3 is 2.17 bits per heavy atom. The van der Waals surface area contributed by atoms with Crippen LogP contribution in [0, 0.1) is 0 Å². The number of nitrogens with zero attached hydrogens (tertiary/aromatic N) is 2. The molecular weight excluding hydrogens is 292 g/mol. The van der Waals surface area contributed by atoms with Crippen molar-refractivity contribution in [1.29, 1.82) is 0 Å². The fourth-order valence-electron chi connectivity index (χ4n) is 2.15. The van der Waals surface area contributed by atoms with Gasteiger partial charge in [-0.05, 0) is 42.5 Å². The average Bonchev–Trinajstić information content (AvgIpc) is 2.55. The Balaban J connectivity index is 1.76. The Bertz CT molecular complexity index is 875. The molecule has 0 aliphatic heterocycles. The zero-order chi connectivity index (χ0) is 16.2. The number of amides is 2. The summed E-state index contributed by atoms with van der Waals surface area (Å²) in [5.41, 5.74) is 3.28. The van der Waals surface area contributed by atoms with Crippen LogP contribution in [0.1, 0.15) is 17.3 Å². The van der Waals surface area contributed by atoms with Crippen molar-refractivity contribution in [3.63, 3.8) is 0 Å². The van der Waals surface area contributed by atoms with Gasteiger partial charge in [0, 0.05) is 36.3 Å². The van der Waals surface area contributed by atoms with Crippen LogP contribution in [0.5, 0.6) is 0 Å². The summed E-state index contributed by atoms with van der Waals surface area (Å²) in [5.74, 6) is -0.387. The number of hydrogen-bond acceptors (Lipinski definition) is 4. The van der Waals surface area contributed by atoms with Crippen molar-refractivity contribution in [3.05, 3.63) is 60.4 Å². The molecule has 0 aliphatic carbocycles. The van der Waals surface area contributed by atoms with Gasteiger partial charge in [0.2, 0.25) is 5.91 Å². The van der Waals surface area contributed by atoms with Gasteiger partial charge in [-0.15, -0.1) is 0 Å². The molecule has 0 bridgehead atoms. The molecule has 0 spiro atoms. The highest BCUT2D eigenvalue weighted by Crippen LogP contribution is 2.17. The molecule has 0 atom stereocenters. The van der Waals surface area contributed by atoms with E-state index in [1.54, 1.807) is 54.9 Å². The molecule has 3 rings (SSSR count). The van der Waals surface area contributed by atoms with Gasteiger partial charge in [0.25, 0.3) is 5.91 Å². The van der Waals surface area contributed by atoms with Gasteiger partial charge >= 0.3 is 0 Å². The number of rotatable bonds is 3. The number of hydrogen-bond donors (Lipinski definition) is 2. The fourth-order valence-corrected chi connectivity index (χ4v) is 2.15. The molecule has 23 heavy (non-hydrogen) atoms. The lowest BCUT2D eigenvalue weighted by Crippen LogP contribution is -2.12. The van der Waals surface area contributed by atoms with Crippen LogP contribution in [0.2, 0.25) is 0 Å². The molecule has 2 aromatic carbocycles. The van der Waals surface area contributed by atoms with Gasteiger partial charge in [-0.3, -0.25) is 19.6 Å². The minimum absolute atomic E-state index is 0.153. The van der Waals surface area contributed by atoms with Crippen molar-refractivity contribution in [2.45, 2.75) is 6.92 Å². The molecule has 2 amide bonds. The fraction of sp³-hybridized carbons (Fsp3) is 0.0588. The van der Waals surface area contributed by atoms with Gasteiger partial charge < -0.3 is 10.6 Å². The van der Waals surface area contributed by atoms with E-state index in [-0.39, 0.29) is 11.8 Å². The van der Waals surface area contributed by atoms with Gasteiger partial charge in [0.05, 0.1) is 11.0 Å². The minimum Gasteiger partial charge on any atom is -0.326 e. The van der Waals surface area contributed by atoms with Crippen LogP contribution in [0.3, 0.4) is 0 Å². The molecule has 6 nitrogen and oxygen atoms in total. The third-order valence-electron chi connectivity index (χ3n) is 3.19. The zero-order valence-corrected chi connectivity index (χ0v) is 12.4. The van der Waals surface area contributed by atoms with Crippen LogP contribution in [-0.2, 0) is 4.79 Å². The second-order valence-electron chi connectivity index (χ2n) is 4.97. The monoisotopic (exact) mass is 306 g/mol. The summed E-state index contributed by atoms with van der Waals surface area (Å²) in [7, 11) is 0. The Morgan fingerprint density at radius 2 is 1.48 bits per heavy atom. The summed E-state index contributed by atoms with van der Waals surface area (Å²) in [6, 6.07) is 12.0. The van der Waals surface area contributed by atoms with Gasteiger partial charge in [0.1, 0.15) is 0 Å². The largest absolute Gasteiger partial charge is 0.326 e. The highest BCUT2D eigenvalue weighted by Gasteiger charge is 2.07. The van der Waals surface area contributed by atoms with Gasteiger partial charge in [-0.2, -0.15) is 0 Å². The van der Waals surface area contributed by atoms with Crippen molar-refractivity contribution < 1.29 is 9.59 Å². The molecule has 0 saturated carbocycles.